The van der Waals surface area contributed by atoms with Gasteiger partial charge in [0.05, 0.1) is 0 Å². The number of allylic oxidation sites excluding steroid dienone is 2. The first-order chi connectivity index (χ1) is 7.18. The highest BCUT2D eigenvalue weighted by Gasteiger charge is 1.91. The second-order valence-electron chi connectivity index (χ2n) is 3.38. The van der Waals surface area contributed by atoms with Gasteiger partial charge in [-0.25, -0.2) is 0 Å². The van der Waals surface area contributed by atoms with E-state index in [1.54, 1.807) is 0 Å². The second kappa shape index (κ2) is 5.86. The van der Waals surface area contributed by atoms with Crippen molar-refractivity contribution in [2.45, 2.75) is 20.3 Å². The summed E-state index contributed by atoms with van der Waals surface area (Å²) in [4.78, 5) is 10.6. The van der Waals surface area contributed by atoms with Crippen LogP contribution in [-0.4, -0.2) is 5.91 Å². The van der Waals surface area contributed by atoms with Gasteiger partial charge >= 0.3 is 0 Å². The van der Waals surface area contributed by atoms with Gasteiger partial charge in [0, 0.05) is 12.6 Å². The lowest BCUT2D eigenvalue weighted by Crippen LogP contribution is -2.34. The number of hydrogen-bond donors (Lipinski definition) is 2. The van der Waals surface area contributed by atoms with Crippen molar-refractivity contribution >= 4 is 5.91 Å². The number of nitrogens with one attached hydrogen (secondary N) is 2. The molecule has 1 aromatic carbocycles. The Hall–Kier alpha value is -1.77. The van der Waals surface area contributed by atoms with Crippen molar-refractivity contribution in [1.82, 2.24) is 10.9 Å². The molecule has 0 aliphatic carbocycles. The van der Waals surface area contributed by atoms with Crippen LogP contribution in [0, 0.1) is 0 Å². The summed E-state index contributed by atoms with van der Waals surface area (Å²) in [5, 5.41) is 0. The molecule has 3 nitrogen and oxygen atoms in total. The molecule has 1 rings (SSSR count). The maximum absolute atomic E-state index is 10.6. The second-order valence-corrected chi connectivity index (χ2v) is 3.38. The molecule has 0 heterocycles. The minimum atomic E-state index is -0.0949. The first-order valence-corrected chi connectivity index (χ1v) is 4.92. The molecule has 0 aliphatic heterocycles. The van der Waals surface area contributed by atoms with Crippen LogP contribution in [-0.2, 0) is 11.2 Å². The van der Waals surface area contributed by atoms with Crippen LogP contribution in [0.5, 0.6) is 0 Å². The number of rotatable bonds is 4. The minimum Gasteiger partial charge on any atom is -0.303 e. The zero-order valence-corrected chi connectivity index (χ0v) is 9.08. The molecule has 0 fully saturated rings. The molecule has 0 saturated carbocycles. The number of benzene rings is 1. The van der Waals surface area contributed by atoms with Gasteiger partial charge in [-0.15, -0.1) is 0 Å². The van der Waals surface area contributed by atoms with Crippen molar-refractivity contribution in [1.29, 1.82) is 0 Å². The Morgan fingerprint density at radius 2 is 1.87 bits per heavy atom. The van der Waals surface area contributed by atoms with Crippen molar-refractivity contribution in [3.05, 3.63) is 47.7 Å². The predicted octanol–water partition coefficient (Wildman–Crippen LogP) is 1.77. The van der Waals surface area contributed by atoms with E-state index in [2.05, 4.69) is 23.0 Å². The van der Waals surface area contributed by atoms with Crippen LogP contribution >= 0.6 is 0 Å². The Morgan fingerprint density at radius 1 is 1.20 bits per heavy atom. The van der Waals surface area contributed by atoms with Gasteiger partial charge in [-0.2, -0.15) is 0 Å². The standard InChI is InChI=1S/C12H16N2O/c1-10(13-14-11(2)15)8-9-12-6-4-3-5-7-12/h3-8,13H,9H2,1-2H3,(H,14,15)/b10-8-. The molecule has 0 aliphatic rings. The molecule has 0 bridgehead atoms. The predicted molar refractivity (Wildman–Crippen MR) is 60.9 cm³/mol. The fraction of sp³-hybridized carbons (Fsp3) is 0.250. The van der Waals surface area contributed by atoms with E-state index in [4.69, 9.17) is 0 Å². The van der Waals surface area contributed by atoms with Gasteiger partial charge < -0.3 is 5.43 Å². The van der Waals surface area contributed by atoms with Crippen LogP contribution in [0.1, 0.15) is 19.4 Å². The zero-order valence-electron chi connectivity index (χ0n) is 9.08. The molecule has 80 valence electrons. The van der Waals surface area contributed by atoms with Gasteiger partial charge in [0.2, 0.25) is 5.91 Å². The van der Waals surface area contributed by atoms with E-state index in [-0.39, 0.29) is 5.91 Å². The summed E-state index contributed by atoms with van der Waals surface area (Å²) < 4.78 is 0. The normalized spacial score (nSPS) is 10.9. The first kappa shape index (κ1) is 11.3. The van der Waals surface area contributed by atoms with E-state index in [9.17, 15) is 4.79 Å². The van der Waals surface area contributed by atoms with Gasteiger partial charge in [-0.1, -0.05) is 36.4 Å². The van der Waals surface area contributed by atoms with E-state index in [0.717, 1.165) is 12.1 Å². The van der Waals surface area contributed by atoms with E-state index < -0.39 is 0 Å². The van der Waals surface area contributed by atoms with Crippen LogP contribution < -0.4 is 10.9 Å². The van der Waals surface area contributed by atoms with Crippen molar-refractivity contribution in [3.63, 3.8) is 0 Å². The maximum Gasteiger partial charge on any atom is 0.235 e. The largest absolute Gasteiger partial charge is 0.303 e. The summed E-state index contributed by atoms with van der Waals surface area (Å²) in [5.74, 6) is -0.0949. The summed E-state index contributed by atoms with van der Waals surface area (Å²) in [6.07, 6.45) is 2.89. The quantitative estimate of drug-likeness (QED) is 0.734. The number of carbonyl (C=O) groups excluding carboxylic acids is 1. The van der Waals surface area contributed by atoms with Crippen LogP contribution in [0.4, 0.5) is 0 Å². The molecule has 15 heavy (non-hydrogen) atoms. The molecule has 1 aromatic rings. The molecule has 0 aromatic heterocycles. The molecule has 2 N–H and O–H groups in total. The highest BCUT2D eigenvalue weighted by Crippen LogP contribution is 2.01. The molecule has 0 radical (unpaired) electrons. The smallest absolute Gasteiger partial charge is 0.235 e. The highest BCUT2D eigenvalue weighted by atomic mass is 16.2. The van der Waals surface area contributed by atoms with Crippen molar-refractivity contribution in [3.8, 4) is 0 Å². The SMILES string of the molecule is CC(=O)NN/C(C)=C\Cc1ccccc1. The Morgan fingerprint density at radius 3 is 2.47 bits per heavy atom. The summed E-state index contributed by atoms with van der Waals surface area (Å²) in [6.45, 7) is 3.39. The fourth-order valence-electron chi connectivity index (χ4n) is 1.12. The van der Waals surface area contributed by atoms with Crippen LogP contribution in [0.15, 0.2) is 42.1 Å². The van der Waals surface area contributed by atoms with Gasteiger partial charge in [0.25, 0.3) is 0 Å². The van der Waals surface area contributed by atoms with Gasteiger partial charge in [0.15, 0.2) is 0 Å². The molecular weight excluding hydrogens is 188 g/mol. The average molecular weight is 204 g/mol. The van der Waals surface area contributed by atoms with Crippen molar-refractivity contribution in [2.75, 3.05) is 0 Å². The van der Waals surface area contributed by atoms with Crippen molar-refractivity contribution < 1.29 is 4.79 Å². The molecule has 3 heteroatoms. The third kappa shape index (κ3) is 4.86. The lowest BCUT2D eigenvalue weighted by molar-refractivity contribution is -0.119. The van der Waals surface area contributed by atoms with E-state index in [1.165, 1.54) is 12.5 Å². The molecule has 0 spiro atoms. The third-order valence-electron chi connectivity index (χ3n) is 1.92. The lowest BCUT2D eigenvalue weighted by Gasteiger charge is -2.06. The fourth-order valence-corrected chi connectivity index (χ4v) is 1.12. The lowest BCUT2D eigenvalue weighted by atomic mass is 10.1. The molecule has 0 atom stereocenters. The Labute approximate surface area is 90.2 Å². The number of hydrogen-bond acceptors (Lipinski definition) is 2. The topological polar surface area (TPSA) is 41.1 Å². The summed E-state index contributed by atoms with van der Waals surface area (Å²) in [7, 11) is 0. The van der Waals surface area contributed by atoms with E-state index in [0.29, 0.717) is 0 Å². The zero-order chi connectivity index (χ0) is 11.1. The Balaban J connectivity index is 2.40. The summed E-state index contributed by atoms with van der Waals surface area (Å²) >= 11 is 0. The summed E-state index contributed by atoms with van der Waals surface area (Å²) in [5.41, 5.74) is 7.53. The molecule has 0 saturated heterocycles. The first-order valence-electron chi connectivity index (χ1n) is 4.92. The van der Waals surface area contributed by atoms with Gasteiger partial charge in [-0.3, -0.25) is 10.2 Å². The highest BCUT2D eigenvalue weighted by molar-refractivity contribution is 5.72. The summed E-state index contributed by atoms with van der Waals surface area (Å²) in [6, 6.07) is 10.2. The average Bonchev–Trinajstić information content (AvgIpc) is 2.25. The molecule has 0 unspecified atom stereocenters. The van der Waals surface area contributed by atoms with Crippen LogP contribution in [0.25, 0.3) is 0 Å². The van der Waals surface area contributed by atoms with Crippen LogP contribution in [0.3, 0.4) is 0 Å². The Bertz CT molecular complexity index is 344. The maximum atomic E-state index is 10.6. The monoisotopic (exact) mass is 204 g/mol. The van der Waals surface area contributed by atoms with E-state index in [1.807, 2.05) is 31.2 Å². The van der Waals surface area contributed by atoms with Crippen molar-refractivity contribution in [2.24, 2.45) is 0 Å². The molecule has 1 amide bonds. The number of hydrazine groups is 1. The molecular formula is C12H16N2O. The van der Waals surface area contributed by atoms with Gasteiger partial charge in [0.1, 0.15) is 0 Å². The number of carbonyl (C=O) groups is 1. The number of amides is 1. The van der Waals surface area contributed by atoms with Gasteiger partial charge in [-0.05, 0) is 18.9 Å². The Kier molecular flexibility index (Phi) is 4.41. The minimum absolute atomic E-state index is 0.0949. The third-order valence-corrected chi connectivity index (χ3v) is 1.92. The van der Waals surface area contributed by atoms with E-state index >= 15 is 0 Å². The van der Waals surface area contributed by atoms with Crippen LogP contribution in [0.2, 0.25) is 0 Å².